The Morgan fingerprint density at radius 1 is 1.19 bits per heavy atom. The fraction of sp³-hybridized carbons (Fsp3) is 0.375. The van der Waals surface area contributed by atoms with Crippen LogP contribution in [0.1, 0.15) is 35.6 Å². The van der Waals surface area contributed by atoms with Crippen LogP contribution in [0.5, 0.6) is 0 Å². The molecule has 5 nitrogen and oxygen atoms in total. The molecule has 0 fully saturated rings. The third kappa shape index (κ3) is 3.24. The molecule has 0 aliphatic carbocycles. The van der Waals surface area contributed by atoms with Crippen LogP contribution in [0, 0.1) is 13.8 Å². The van der Waals surface area contributed by atoms with E-state index in [9.17, 15) is 4.79 Å². The van der Waals surface area contributed by atoms with Crippen molar-refractivity contribution >= 4 is 17.3 Å². The highest BCUT2D eigenvalue weighted by Gasteiger charge is 2.15. The highest BCUT2D eigenvalue weighted by Crippen LogP contribution is 2.19. The van der Waals surface area contributed by atoms with Gasteiger partial charge in [-0.3, -0.25) is 9.89 Å². The predicted molar refractivity (Wildman–Crippen MR) is 86.0 cm³/mol. The van der Waals surface area contributed by atoms with Crippen molar-refractivity contribution in [2.24, 2.45) is 0 Å². The maximum Gasteiger partial charge on any atom is 0.259 e. The number of nitrogens with zero attached hydrogens (tertiary/aromatic N) is 2. The Morgan fingerprint density at radius 3 is 2.29 bits per heavy atom. The summed E-state index contributed by atoms with van der Waals surface area (Å²) in [5.41, 5.74) is 4.06. The number of aromatic nitrogens is 2. The Hall–Kier alpha value is -2.30. The van der Waals surface area contributed by atoms with Gasteiger partial charge in [-0.1, -0.05) is 0 Å². The van der Waals surface area contributed by atoms with Crippen molar-refractivity contribution < 1.29 is 4.79 Å². The van der Waals surface area contributed by atoms with E-state index in [1.807, 2.05) is 38.1 Å². The zero-order valence-electron chi connectivity index (χ0n) is 13.0. The lowest BCUT2D eigenvalue weighted by atomic mass is 10.2. The molecule has 5 heteroatoms. The molecule has 1 aromatic carbocycles. The molecule has 112 valence electrons. The van der Waals surface area contributed by atoms with E-state index >= 15 is 0 Å². The number of amides is 1. The number of hydrogen-bond acceptors (Lipinski definition) is 3. The lowest BCUT2D eigenvalue weighted by Gasteiger charge is -2.21. The summed E-state index contributed by atoms with van der Waals surface area (Å²) in [6.45, 7) is 9.86. The lowest BCUT2D eigenvalue weighted by Crippen LogP contribution is -2.21. The molecule has 0 spiro atoms. The second-order valence-corrected chi connectivity index (χ2v) is 4.98. The van der Waals surface area contributed by atoms with E-state index < -0.39 is 0 Å². The van der Waals surface area contributed by atoms with Crippen molar-refractivity contribution in [1.82, 2.24) is 10.2 Å². The van der Waals surface area contributed by atoms with E-state index in [1.165, 1.54) is 0 Å². The summed E-state index contributed by atoms with van der Waals surface area (Å²) < 4.78 is 0. The van der Waals surface area contributed by atoms with Gasteiger partial charge < -0.3 is 10.2 Å². The minimum atomic E-state index is -0.130. The van der Waals surface area contributed by atoms with Crippen LogP contribution in [-0.2, 0) is 0 Å². The average Bonchev–Trinajstić information content (AvgIpc) is 2.81. The van der Waals surface area contributed by atoms with Gasteiger partial charge in [0.25, 0.3) is 5.91 Å². The summed E-state index contributed by atoms with van der Waals surface area (Å²) in [4.78, 5) is 14.5. The molecule has 0 saturated carbocycles. The molecule has 1 amide bonds. The van der Waals surface area contributed by atoms with Gasteiger partial charge in [-0.2, -0.15) is 5.10 Å². The van der Waals surface area contributed by atoms with Crippen LogP contribution < -0.4 is 10.2 Å². The molecule has 1 heterocycles. The minimum absolute atomic E-state index is 0.130. The van der Waals surface area contributed by atoms with Gasteiger partial charge in [0.2, 0.25) is 0 Å². The lowest BCUT2D eigenvalue weighted by molar-refractivity contribution is 0.102. The summed E-state index contributed by atoms with van der Waals surface area (Å²) in [6.07, 6.45) is 0. The molecule has 2 aromatic rings. The molecule has 0 bridgehead atoms. The first-order valence-electron chi connectivity index (χ1n) is 7.24. The van der Waals surface area contributed by atoms with Crippen LogP contribution in [0.3, 0.4) is 0 Å². The van der Waals surface area contributed by atoms with Crippen molar-refractivity contribution in [1.29, 1.82) is 0 Å². The molecule has 0 atom stereocenters. The number of carbonyl (C=O) groups is 1. The molecule has 2 rings (SSSR count). The number of rotatable bonds is 5. The molecule has 0 radical (unpaired) electrons. The number of anilines is 2. The fourth-order valence-electron chi connectivity index (χ4n) is 2.42. The smallest absolute Gasteiger partial charge is 0.259 e. The van der Waals surface area contributed by atoms with Gasteiger partial charge in [-0.15, -0.1) is 0 Å². The monoisotopic (exact) mass is 286 g/mol. The van der Waals surface area contributed by atoms with E-state index in [1.54, 1.807) is 0 Å². The van der Waals surface area contributed by atoms with Crippen molar-refractivity contribution in [2.75, 3.05) is 23.3 Å². The summed E-state index contributed by atoms with van der Waals surface area (Å²) in [6, 6.07) is 7.90. The Labute approximate surface area is 125 Å². The number of aryl methyl sites for hydroxylation is 2. The second-order valence-electron chi connectivity index (χ2n) is 4.98. The number of nitrogens with one attached hydrogen (secondary N) is 2. The van der Waals surface area contributed by atoms with Crippen LogP contribution in [0.4, 0.5) is 11.4 Å². The summed E-state index contributed by atoms with van der Waals surface area (Å²) in [5, 5.41) is 9.78. The van der Waals surface area contributed by atoms with Crippen LogP contribution in [0.2, 0.25) is 0 Å². The molecule has 0 unspecified atom stereocenters. The molecule has 0 aliphatic rings. The third-order valence-corrected chi connectivity index (χ3v) is 3.61. The van der Waals surface area contributed by atoms with Crippen LogP contribution >= 0.6 is 0 Å². The number of aromatic amines is 1. The second kappa shape index (κ2) is 6.43. The number of benzene rings is 1. The number of hydrogen-bond donors (Lipinski definition) is 2. The van der Waals surface area contributed by atoms with Gasteiger partial charge in [-0.25, -0.2) is 0 Å². The Bertz CT molecular complexity index is 592. The Balaban J connectivity index is 2.12. The van der Waals surface area contributed by atoms with E-state index in [0.29, 0.717) is 11.3 Å². The average molecular weight is 286 g/mol. The maximum atomic E-state index is 12.3. The molecule has 0 saturated heterocycles. The number of carbonyl (C=O) groups excluding carboxylic acids is 1. The van der Waals surface area contributed by atoms with Crippen molar-refractivity contribution in [3.63, 3.8) is 0 Å². The zero-order valence-corrected chi connectivity index (χ0v) is 13.0. The zero-order chi connectivity index (χ0) is 15.4. The quantitative estimate of drug-likeness (QED) is 0.887. The highest BCUT2D eigenvalue weighted by atomic mass is 16.1. The fourth-order valence-corrected chi connectivity index (χ4v) is 2.42. The Kier molecular flexibility index (Phi) is 4.62. The van der Waals surface area contributed by atoms with Gasteiger partial charge in [0.1, 0.15) is 0 Å². The molecular formula is C16H22N4O. The van der Waals surface area contributed by atoms with Crippen molar-refractivity contribution in [3.8, 4) is 0 Å². The topological polar surface area (TPSA) is 61.0 Å². The van der Waals surface area contributed by atoms with Crippen molar-refractivity contribution in [2.45, 2.75) is 27.7 Å². The summed E-state index contributed by atoms with van der Waals surface area (Å²) in [7, 11) is 0. The first kappa shape index (κ1) is 15.1. The van der Waals surface area contributed by atoms with Crippen LogP contribution in [0.25, 0.3) is 0 Å². The number of H-pyrrole nitrogens is 1. The SMILES string of the molecule is CCN(CC)c1ccc(NC(=O)c2c(C)n[nH]c2C)cc1. The maximum absolute atomic E-state index is 12.3. The van der Waals surface area contributed by atoms with E-state index in [4.69, 9.17) is 0 Å². The largest absolute Gasteiger partial charge is 0.372 e. The first-order valence-corrected chi connectivity index (χ1v) is 7.24. The highest BCUT2D eigenvalue weighted by molar-refractivity contribution is 6.05. The van der Waals surface area contributed by atoms with Crippen LogP contribution in [0.15, 0.2) is 24.3 Å². The first-order chi connectivity index (χ1) is 10.1. The van der Waals surface area contributed by atoms with Crippen LogP contribution in [-0.4, -0.2) is 29.2 Å². The minimum Gasteiger partial charge on any atom is -0.372 e. The van der Waals surface area contributed by atoms with Gasteiger partial charge in [0.15, 0.2) is 0 Å². The molecule has 2 N–H and O–H groups in total. The summed E-state index contributed by atoms with van der Waals surface area (Å²) in [5.74, 6) is -0.130. The predicted octanol–water partition coefficient (Wildman–Crippen LogP) is 3.13. The molecule has 0 aliphatic heterocycles. The molecule has 21 heavy (non-hydrogen) atoms. The van der Waals surface area contributed by atoms with E-state index in [0.717, 1.165) is 30.2 Å². The normalized spacial score (nSPS) is 10.5. The van der Waals surface area contributed by atoms with Gasteiger partial charge >= 0.3 is 0 Å². The molecular weight excluding hydrogens is 264 g/mol. The molecule has 1 aromatic heterocycles. The van der Waals surface area contributed by atoms with Gasteiger partial charge in [0, 0.05) is 30.2 Å². The third-order valence-electron chi connectivity index (χ3n) is 3.61. The van der Waals surface area contributed by atoms with Gasteiger partial charge in [0.05, 0.1) is 11.3 Å². The summed E-state index contributed by atoms with van der Waals surface area (Å²) >= 11 is 0. The van der Waals surface area contributed by atoms with Crippen molar-refractivity contribution in [3.05, 3.63) is 41.2 Å². The van der Waals surface area contributed by atoms with E-state index in [2.05, 4.69) is 34.3 Å². The Morgan fingerprint density at radius 2 is 1.81 bits per heavy atom. The van der Waals surface area contributed by atoms with E-state index in [-0.39, 0.29) is 5.91 Å². The standard InChI is InChI=1S/C16H22N4O/c1-5-20(6-2)14-9-7-13(8-10-14)17-16(21)15-11(3)18-19-12(15)4/h7-10H,5-6H2,1-4H3,(H,17,21)(H,18,19). The van der Waals surface area contributed by atoms with Gasteiger partial charge in [-0.05, 0) is 52.0 Å².